The highest BCUT2D eigenvalue weighted by atomic mass is 35.5. The quantitative estimate of drug-likeness (QED) is 0.461. The Balaban J connectivity index is 1.58. The van der Waals surface area contributed by atoms with Gasteiger partial charge in [0.15, 0.2) is 0 Å². The van der Waals surface area contributed by atoms with Crippen LogP contribution >= 0.6 is 11.6 Å². The molecule has 1 saturated heterocycles. The van der Waals surface area contributed by atoms with Gasteiger partial charge >= 0.3 is 5.97 Å². The number of ether oxygens (including phenoxy) is 1. The van der Waals surface area contributed by atoms with Gasteiger partial charge in [-0.3, -0.25) is 4.79 Å². The monoisotopic (exact) mass is 492 g/mol. The molecule has 0 aliphatic carbocycles. The van der Waals surface area contributed by atoms with E-state index in [-0.39, 0.29) is 17.3 Å². The van der Waals surface area contributed by atoms with Crippen molar-refractivity contribution in [3.8, 4) is 0 Å². The molecule has 0 unspecified atom stereocenters. The van der Waals surface area contributed by atoms with Crippen molar-refractivity contribution in [2.45, 2.75) is 31.6 Å². The summed E-state index contributed by atoms with van der Waals surface area (Å²) in [6.45, 7) is 5.50. The second kappa shape index (κ2) is 9.62. The van der Waals surface area contributed by atoms with Crippen LogP contribution in [0.3, 0.4) is 0 Å². The summed E-state index contributed by atoms with van der Waals surface area (Å²) in [5.41, 5.74) is 1.63. The first kappa shape index (κ1) is 23.4. The highest BCUT2D eigenvalue weighted by Crippen LogP contribution is 2.27. The van der Waals surface area contributed by atoms with Crippen molar-refractivity contribution in [1.82, 2.24) is 23.9 Å². The van der Waals surface area contributed by atoms with Gasteiger partial charge in [0.05, 0.1) is 11.5 Å². The van der Waals surface area contributed by atoms with Gasteiger partial charge in [-0.15, -0.1) is 0 Å². The Labute approximate surface area is 197 Å². The molecule has 0 spiro atoms. The van der Waals surface area contributed by atoms with Crippen molar-refractivity contribution in [3.63, 3.8) is 0 Å². The molecule has 1 aliphatic heterocycles. The lowest BCUT2D eigenvalue weighted by Gasteiger charge is -2.36. The number of anilines is 1. The van der Waals surface area contributed by atoms with Crippen molar-refractivity contribution in [3.05, 3.63) is 46.9 Å². The number of hydrogen-bond donors (Lipinski definition) is 0. The van der Waals surface area contributed by atoms with Crippen LogP contribution in [-0.4, -0.2) is 71.1 Å². The van der Waals surface area contributed by atoms with Crippen LogP contribution in [0.5, 0.6) is 0 Å². The third kappa shape index (κ3) is 4.80. The van der Waals surface area contributed by atoms with Crippen molar-refractivity contribution >= 4 is 39.2 Å². The van der Waals surface area contributed by atoms with Gasteiger partial charge in [-0.2, -0.15) is 18.9 Å². The van der Waals surface area contributed by atoms with Crippen molar-refractivity contribution in [2.24, 2.45) is 0 Å². The number of carbonyl (C=O) groups is 1. The molecule has 33 heavy (non-hydrogen) atoms. The molecule has 0 saturated carbocycles. The van der Waals surface area contributed by atoms with E-state index in [2.05, 4.69) is 20.0 Å². The van der Waals surface area contributed by atoms with Crippen LogP contribution in [-0.2, 0) is 26.0 Å². The fraction of sp³-hybridized carbons (Fsp3) is 0.429. The molecule has 1 aliphatic rings. The molecule has 0 radical (unpaired) electrons. The third-order valence-electron chi connectivity index (χ3n) is 5.58. The number of esters is 1. The predicted molar refractivity (Wildman–Crippen MR) is 123 cm³/mol. The fourth-order valence-corrected chi connectivity index (χ4v) is 5.49. The second-order valence-corrected chi connectivity index (χ2v) is 10.00. The smallest absolute Gasteiger partial charge is 0.306 e. The molecule has 0 atom stereocenters. The zero-order chi connectivity index (χ0) is 23.6. The number of benzene rings is 1. The standard InChI is InChI=1S/C21H25ClN6O4S/c1-3-32-19(29)9-8-18-15(2)25-21-23-14-24-28(21)20(18)26-10-12-27(13-11-26)33(30,31)17-6-4-16(22)5-7-17/h4-7,14H,3,8-13H2,1-2H3. The summed E-state index contributed by atoms with van der Waals surface area (Å²) in [5.74, 6) is 0.960. The van der Waals surface area contributed by atoms with Crippen molar-refractivity contribution in [1.29, 1.82) is 0 Å². The molecule has 3 heterocycles. The minimum absolute atomic E-state index is 0.217. The first-order chi connectivity index (χ1) is 15.8. The minimum Gasteiger partial charge on any atom is -0.466 e. The summed E-state index contributed by atoms with van der Waals surface area (Å²) >= 11 is 5.90. The Morgan fingerprint density at radius 2 is 1.85 bits per heavy atom. The Hall–Kier alpha value is -2.76. The van der Waals surface area contributed by atoms with Crippen LogP contribution in [0.1, 0.15) is 24.6 Å². The van der Waals surface area contributed by atoms with Crippen LogP contribution in [0, 0.1) is 6.92 Å². The molecule has 10 nitrogen and oxygen atoms in total. The average Bonchev–Trinajstić information content (AvgIpc) is 3.26. The average molecular weight is 493 g/mol. The zero-order valence-corrected chi connectivity index (χ0v) is 20.0. The summed E-state index contributed by atoms with van der Waals surface area (Å²) in [7, 11) is -3.62. The maximum absolute atomic E-state index is 13.0. The van der Waals surface area contributed by atoms with Crippen LogP contribution in [0.25, 0.3) is 5.78 Å². The van der Waals surface area contributed by atoms with E-state index in [1.807, 2.05) is 6.92 Å². The lowest BCUT2D eigenvalue weighted by molar-refractivity contribution is -0.143. The highest BCUT2D eigenvalue weighted by Gasteiger charge is 2.31. The van der Waals surface area contributed by atoms with E-state index in [0.29, 0.717) is 50.0 Å². The highest BCUT2D eigenvalue weighted by molar-refractivity contribution is 7.89. The number of aryl methyl sites for hydroxylation is 1. The molecule has 0 N–H and O–H groups in total. The van der Waals surface area contributed by atoms with Crippen molar-refractivity contribution in [2.75, 3.05) is 37.7 Å². The molecule has 1 fully saturated rings. The van der Waals surface area contributed by atoms with Crippen LogP contribution in [0.4, 0.5) is 5.82 Å². The molecule has 176 valence electrons. The van der Waals surface area contributed by atoms with E-state index < -0.39 is 10.0 Å². The molecule has 3 aromatic rings. The maximum Gasteiger partial charge on any atom is 0.306 e. The number of fused-ring (bicyclic) bond motifs is 1. The van der Waals surface area contributed by atoms with Gasteiger partial charge in [-0.05, 0) is 44.5 Å². The lowest BCUT2D eigenvalue weighted by atomic mass is 10.1. The minimum atomic E-state index is -3.62. The largest absolute Gasteiger partial charge is 0.466 e. The Morgan fingerprint density at radius 1 is 1.15 bits per heavy atom. The Kier molecular flexibility index (Phi) is 6.82. The Bertz CT molecular complexity index is 1250. The molecular formula is C21H25ClN6O4S. The van der Waals surface area contributed by atoms with Crippen molar-refractivity contribution < 1.29 is 17.9 Å². The van der Waals surface area contributed by atoms with Gasteiger partial charge in [0.1, 0.15) is 12.1 Å². The van der Waals surface area contributed by atoms with E-state index in [0.717, 1.165) is 17.1 Å². The van der Waals surface area contributed by atoms with Gasteiger partial charge in [-0.1, -0.05) is 11.6 Å². The van der Waals surface area contributed by atoms with Gasteiger partial charge < -0.3 is 9.64 Å². The topological polar surface area (TPSA) is 110 Å². The third-order valence-corrected chi connectivity index (χ3v) is 7.74. The van der Waals surface area contributed by atoms with E-state index in [9.17, 15) is 13.2 Å². The van der Waals surface area contributed by atoms with E-state index in [1.54, 1.807) is 23.6 Å². The molecular weight excluding hydrogens is 468 g/mol. The summed E-state index contributed by atoms with van der Waals surface area (Å²) < 4.78 is 34.3. The van der Waals surface area contributed by atoms with E-state index in [4.69, 9.17) is 16.3 Å². The normalized spacial score (nSPS) is 15.2. The SMILES string of the molecule is CCOC(=O)CCc1c(C)nc2ncnn2c1N1CCN(S(=O)(=O)c2ccc(Cl)cc2)CC1. The first-order valence-corrected chi connectivity index (χ1v) is 12.5. The number of hydrogen-bond acceptors (Lipinski definition) is 8. The number of rotatable bonds is 7. The summed E-state index contributed by atoms with van der Waals surface area (Å²) in [4.78, 5) is 23.0. The van der Waals surface area contributed by atoms with Gasteiger partial charge in [0, 0.05) is 48.9 Å². The summed E-state index contributed by atoms with van der Waals surface area (Å²) in [5, 5.41) is 4.81. The molecule has 4 rings (SSSR count). The van der Waals surface area contributed by atoms with Crippen LogP contribution in [0.2, 0.25) is 5.02 Å². The number of nitrogens with zero attached hydrogens (tertiary/aromatic N) is 6. The summed E-state index contributed by atoms with van der Waals surface area (Å²) in [6.07, 6.45) is 2.09. The number of carbonyl (C=O) groups excluding carboxylic acids is 1. The maximum atomic E-state index is 13.0. The molecule has 12 heteroatoms. The van der Waals surface area contributed by atoms with E-state index >= 15 is 0 Å². The van der Waals surface area contributed by atoms with Gasteiger partial charge in [0.2, 0.25) is 10.0 Å². The molecule has 1 aromatic carbocycles. The van der Waals surface area contributed by atoms with Gasteiger partial charge in [-0.25, -0.2) is 13.4 Å². The molecule has 0 bridgehead atoms. The van der Waals surface area contributed by atoms with E-state index in [1.165, 1.54) is 22.8 Å². The molecule has 0 amide bonds. The predicted octanol–water partition coefficient (Wildman–Crippen LogP) is 2.09. The van der Waals surface area contributed by atoms with Gasteiger partial charge in [0.25, 0.3) is 5.78 Å². The summed E-state index contributed by atoms with van der Waals surface area (Å²) in [6, 6.07) is 6.18. The Morgan fingerprint density at radius 3 is 2.52 bits per heavy atom. The fourth-order valence-electron chi connectivity index (χ4n) is 3.94. The number of aromatic nitrogens is 4. The lowest BCUT2D eigenvalue weighted by Crippen LogP contribution is -2.49. The number of piperazine rings is 1. The number of halogens is 1. The first-order valence-electron chi connectivity index (χ1n) is 10.7. The van der Waals surface area contributed by atoms with Crippen LogP contribution < -0.4 is 4.90 Å². The molecule has 2 aromatic heterocycles. The number of sulfonamides is 1. The second-order valence-electron chi connectivity index (χ2n) is 7.62. The zero-order valence-electron chi connectivity index (χ0n) is 18.4. The van der Waals surface area contributed by atoms with Crippen LogP contribution in [0.15, 0.2) is 35.5 Å².